The molecule has 7 nitrogen and oxygen atoms in total. The van der Waals surface area contributed by atoms with Gasteiger partial charge in [0.05, 0.1) is 23.4 Å². The Morgan fingerprint density at radius 1 is 1.27 bits per heavy atom. The molecule has 0 aliphatic heterocycles. The Labute approximate surface area is 189 Å². The number of halogens is 2. The molecule has 3 heterocycles. The SMILES string of the molecule is C#CC.O=C(Nc1cc2cn(C3CCCCC3)nc2cc1C(F)F)c1cnn2cccnc12. The lowest BCUT2D eigenvalue weighted by Crippen LogP contribution is -2.13. The molecular formula is C24H24F2N6O. The predicted octanol–water partition coefficient (Wildman–Crippen LogP) is 5.41. The molecule has 1 saturated carbocycles. The van der Waals surface area contributed by atoms with Crippen LogP contribution in [0.15, 0.2) is 43.0 Å². The zero-order valence-electron chi connectivity index (χ0n) is 18.2. The normalized spacial score (nSPS) is 14.2. The highest BCUT2D eigenvalue weighted by molar-refractivity contribution is 6.09. The number of anilines is 1. The van der Waals surface area contributed by atoms with E-state index in [1.807, 2.05) is 10.9 Å². The first kappa shape index (κ1) is 22.4. The van der Waals surface area contributed by atoms with Gasteiger partial charge >= 0.3 is 0 Å². The topological polar surface area (TPSA) is 77.1 Å². The number of hydrogen-bond acceptors (Lipinski definition) is 4. The van der Waals surface area contributed by atoms with Crippen molar-refractivity contribution < 1.29 is 13.6 Å². The molecule has 0 unspecified atom stereocenters. The van der Waals surface area contributed by atoms with Gasteiger partial charge in [0.15, 0.2) is 5.65 Å². The molecule has 1 aromatic carbocycles. The number of nitrogens with one attached hydrogen (secondary N) is 1. The molecule has 0 spiro atoms. The molecule has 170 valence electrons. The average Bonchev–Trinajstić information content (AvgIpc) is 3.43. The minimum absolute atomic E-state index is 0.0703. The number of rotatable bonds is 4. The van der Waals surface area contributed by atoms with Crippen LogP contribution in [-0.4, -0.2) is 30.3 Å². The fourth-order valence-electron chi connectivity index (χ4n) is 4.11. The summed E-state index contributed by atoms with van der Waals surface area (Å²) in [5.74, 6) is 1.71. The molecule has 0 bridgehead atoms. The highest BCUT2D eigenvalue weighted by Crippen LogP contribution is 2.34. The summed E-state index contributed by atoms with van der Waals surface area (Å²) in [5.41, 5.74) is 0.898. The van der Waals surface area contributed by atoms with Gasteiger partial charge in [-0.2, -0.15) is 10.2 Å². The molecule has 1 fully saturated rings. The lowest BCUT2D eigenvalue weighted by atomic mass is 9.96. The summed E-state index contributed by atoms with van der Waals surface area (Å²) >= 11 is 0. The van der Waals surface area contributed by atoms with E-state index >= 15 is 0 Å². The lowest BCUT2D eigenvalue weighted by molar-refractivity contribution is 0.102. The van der Waals surface area contributed by atoms with Gasteiger partial charge in [-0.05, 0) is 38.0 Å². The Morgan fingerprint density at radius 2 is 2.03 bits per heavy atom. The Bertz CT molecular complexity index is 1310. The third kappa shape index (κ3) is 4.70. The molecule has 9 heteroatoms. The largest absolute Gasteiger partial charge is 0.321 e. The fourth-order valence-corrected chi connectivity index (χ4v) is 4.11. The second kappa shape index (κ2) is 9.77. The fraction of sp³-hybridized carbons (Fsp3) is 0.333. The van der Waals surface area contributed by atoms with Crippen molar-refractivity contribution in [1.82, 2.24) is 24.4 Å². The zero-order chi connectivity index (χ0) is 23.4. The van der Waals surface area contributed by atoms with Crippen LogP contribution in [-0.2, 0) is 0 Å². The maximum atomic E-state index is 13.7. The van der Waals surface area contributed by atoms with E-state index in [4.69, 9.17) is 0 Å². The monoisotopic (exact) mass is 450 g/mol. The van der Waals surface area contributed by atoms with E-state index in [0.717, 1.165) is 31.1 Å². The van der Waals surface area contributed by atoms with Crippen LogP contribution in [0.3, 0.4) is 0 Å². The van der Waals surface area contributed by atoms with Crippen LogP contribution in [0.2, 0.25) is 0 Å². The van der Waals surface area contributed by atoms with E-state index in [1.54, 1.807) is 31.5 Å². The number of terminal acetylenes is 1. The van der Waals surface area contributed by atoms with Crippen molar-refractivity contribution in [3.8, 4) is 12.3 Å². The summed E-state index contributed by atoms with van der Waals surface area (Å²) < 4.78 is 30.8. The van der Waals surface area contributed by atoms with Crippen molar-refractivity contribution in [2.24, 2.45) is 0 Å². The van der Waals surface area contributed by atoms with Gasteiger partial charge in [0.25, 0.3) is 12.3 Å². The summed E-state index contributed by atoms with van der Waals surface area (Å²) in [4.78, 5) is 16.9. The Hall–Kier alpha value is -3.80. The Balaban J connectivity index is 0.000000821. The molecule has 4 aromatic rings. The van der Waals surface area contributed by atoms with Gasteiger partial charge in [-0.3, -0.25) is 9.48 Å². The van der Waals surface area contributed by atoms with Crippen molar-refractivity contribution in [2.75, 3.05) is 5.32 Å². The minimum atomic E-state index is -2.74. The summed E-state index contributed by atoms with van der Waals surface area (Å²) in [6, 6.07) is 4.92. The molecule has 0 radical (unpaired) electrons. The van der Waals surface area contributed by atoms with Crippen LogP contribution in [0, 0.1) is 12.3 Å². The minimum Gasteiger partial charge on any atom is -0.321 e. The maximum absolute atomic E-state index is 13.7. The number of carbonyl (C=O) groups excluding carboxylic acids is 1. The van der Waals surface area contributed by atoms with Gasteiger partial charge in [0, 0.05) is 29.5 Å². The number of amides is 1. The molecule has 1 amide bonds. The number of nitrogens with zero attached hydrogens (tertiary/aromatic N) is 5. The highest BCUT2D eigenvalue weighted by Gasteiger charge is 2.22. The number of fused-ring (bicyclic) bond motifs is 2. The summed E-state index contributed by atoms with van der Waals surface area (Å²) in [5, 5.41) is 12.0. The quantitative estimate of drug-likeness (QED) is 0.422. The summed E-state index contributed by atoms with van der Waals surface area (Å²) in [7, 11) is 0. The van der Waals surface area contributed by atoms with Gasteiger partial charge in [-0.25, -0.2) is 18.3 Å². The van der Waals surface area contributed by atoms with Crippen molar-refractivity contribution in [3.63, 3.8) is 0 Å². The lowest BCUT2D eigenvalue weighted by Gasteiger charge is -2.21. The molecule has 1 aliphatic carbocycles. The molecule has 3 aromatic heterocycles. The number of benzene rings is 1. The van der Waals surface area contributed by atoms with Gasteiger partial charge in [-0.1, -0.05) is 19.3 Å². The number of hydrogen-bond donors (Lipinski definition) is 1. The van der Waals surface area contributed by atoms with Crippen LogP contribution in [0.25, 0.3) is 16.6 Å². The molecule has 0 atom stereocenters. The molecular weight excluding hydrogens is 426 g/mol. The van der Waals surface area contributed by atoms with Crippen LogP contribution in [0.5, 0.6) is 0 Å². The van der Waals surface area contributed by atoms with Gasteiger partial charge in [0.1, 0.15) is 5.56 Å². The molecule has 33 heavy (non-hydrogen) atoms. The molecule has 1 aliphatic rings. The zero-order valence-corrected chi connectivity index (χ0v) is 18.2. The second-order valence-electron chi connectivity index (χ2n) is 7.89. The molecule has 5 rings (SSSR count). The number of aromatic nitrogens is 5. The van der Waals surface area contributed by atoms with E-state index in [1.165, 1.54) is 23.2 Å². The van der Waals surface area contributed by atoms with Crippen LogP contribution < -0.4 is 5.32 Å². The van der Waals surface area contributed by atoms with Gasteiger partial charge in [-0.15, -0.1) is 12.3 Å². The van der Waals surface area contributed by atoms with Crippen LogP contribution in [0.1, 0.15) is 67.4 Å². The van der Waals surface area contributed by atoms with E-state index in [9.17, 15) is 13.6 Å². The number of carbonyl (C=O) groups is 1. The van der Waals surface area contributed by atoms with E-state index < -0.39 is 12.3 Å². The molecule has 0 saturated heterocycles. The Morgan fingerprint density at radius 3 is 2.76 bits per heavy atom. The smallest absolute Gasteiger partial charge is 0.265 e. The molecule has 1 N–H and O–H groups in total. The van der Waals surface area contributed by atoms with Crippen molar-refractivity contribution in [3.05, 3.63) is 54.1 Å². The van der Waals surface area contributed by atoms with Crippen molar-refractivity contribution in [1.29, 1.82) is 0 Å². The first-order valence-electron chi connectivity index (χ1n) is 10.8. The first-order chi connectivity index (χ1) is 16.0. The average molecular weight is 450 g/mol. The Kier molecular flexibility index (Phi) is 6.63. The van der Waals surface area contributed by atoms with Crippen molar-refractivity contribution in [2.45, 2.75) is 51.5 Å². The van der Waals surface area contributed by atoms with Crippen LogP contribution in [0.4, 0.5) is 14.5 Å². The van der Waals surface area contributed by atoms with Crippen LogP contribution >= 0.6 is 0 Å². The van der Waals surface area contributed by atoms with E-state index in [-0.39, 0.29) is 16.8 Å². The summed E-state index contributed by atoms with van der Waals surface area (Å²) in [6.07, 6.45) is 13.9. The van der Waals surface area contributed by atoms with Crippen molar-refractivity contribution >= 4 is 28.1 Å². The highest BCUT2D eigenvalue weighted by atomic mass is 19.3. The first-order valence-corrected chi connectivity index (χ1v) is 10.8. The van der Waals surface area contributed by atoms with E-state index in [0.29, 0.717) is 17.2 Å². The van der Waals surface area contributed by atoms with E-state index in [2.05, 4.69) is 32.8 Å². The standard InChI is InChI=1S/C21H20F2N6O.C3H4/c22-19(23)15-10-17-13(12-29(27-17)14-5-2-1-3-6-14)9-18(15)26-21(30)16-11-25-28-8-4-7-24-20(16)28;1-3-2/h4,7-12,14,19H,1-3,5-6H2,(H,26,30);1H,2H3. The van der Waals surface area contributed by atoms with Gasteiger partial charge < -0.3 is 5.32 Å². The maximum Gasteiger partial charge on any atom is 0.265 e. The second-order valence-corrected chi connectivity index (χ2v) is 7.89. The number of alkyl halides is 2. The summed E-state index contributed by atoms with van der Waals surface area (Å²) in [6.45, 7) is 1.65. The third-order valence-corrected chi connectivity index (χ3v) is 5.65. The van der Waals surface area contributed by atoms with Gasteiger partial charge in [0.2, 0.25) is 0 Å². The predicted molar refractivity (Wildman–Crippen MR) is 122 cm³/mol. The third-order valence-electron chi connectivity index (χ3n) is 5.65.